The molecule has 1 aliphatic carbocycles. The Balaban J connectivity index is 1.60. The number of esters is 1. The molecule has 0 spiro atoms. The molecule has 2 aliphatic rings. The summed E-state index contributed by atoms with van der Waals surface area (Å²) in [7, 11) is 3.50. The maximum atomic E-state index is 12.5. The van der Waals surface area contributed by atoms with Gasteiger partial charge in [0.15, 0.2) is 0 Å². The van der Waals surface area contributed by atoms with E-state index < -0.39 is 0 Å². The van der Waals surface area contributed by atoms with Gasteiger partial charge >= 0.3 is 12.0 Å². The summed E-state index contributed by atoms with van der Waals surface area (Å²) in [6.45, 7) is 1.23. The van der Waals surface area contributed by atoms with Crippen LogP contribution in [0, 0.1) is 5.92 Å². The number of hydrogen-bond donors (Lipinski definition) is 0. The smallest absolute Gasteiger partial charge is 0.319 e. The minimum Gasteiger partial charge on any atom is -0.426 e. The summed E-state index contributed by atoms with van der Waals surface area (Å²) >= 11 is 0. The Morgan fingerprint density at radius 3 is 2.54 bits per heavy atom. The van der Waals surface area contributed by atoms with Crippen LogP contribution in [0.4, 0.5) is 4.79 Å². The van der Waals surface area contributed by atoms with E-state index in [1.54, 1.807) is 23.9 Å². The number of piperidine rings is 1. The Labute approximate surface area is 143 Å². The van der Waals surface area contributed by atoms with Crippen LogP contribution in [0.5, 0.6) is 5.75 Å². The molecule has 1 aromatic rings. The second kappa shape index (κ2) is 7.24. The number of carbonyl (C=O) groups is 2. The predicted molar refractivity (Wildman–Crippen MR) is 92.1 cm³/mol. The first-order chi connectivity index (χ1) is 11.6. The summed E-state index contributed by atoms with van der Waals surface area (Å²) in [4.78, 5) is 27.9. The fourth-order valence-corrected chi connectivity index (χ4v) is 3.62. The highest BCUT2D eigenvalue weighted by atomic mass is 16.5. The van der Waals surface area contributed by atoms with Crippen molar-refractivity contribution in [1.82, 2.24) is 9.80 Å². The third-order valence-corrected chi connectivity index (χ3v) is 5.04. The topological polar surface area (TPSA) is 49.9 Å². The molecule has 1 saturated heterocycles. The van der Waals surface area contributed by atoms with Crippen LogP contribution in [0.2, 0.25) is 0 Å². The van der Waals surface area contributed by atoms with Crippen molar-refractivity contribution in [1.29, 1.82) is 0 Å². The number of rotatable bonds is 2. The first-order valence-corrected chi connectivity index (χ1v) is 8.85. The molecule has 2 amide bonds. The van der Waals surface area contributed by atoms with Crippen LogP contribution in [0.25, 0.3) is 0 Å². The van der Waals surface area contributed by atoms with Crippen LogP contribution in [0.15, 0.2) is 18.2 Å². The number of aryl methyl sites for hydroxylation is 1. The Morgan fingerprint density at radius 1 is 1.12 bits per heavy atom. The van der Waals surface area contributed by atoms with E-state index in [1.165, 1.54) is 17.5 Å². The van der Waals surface area contributed by atoms with E-state index in [1.807, 2.05) is 12.1 Å². The van der Waals surface area contributed by atoms with Crippen molar-refractivity contribution in [2.75, 3.05) is 27.2 Å². The maximum absolute atomic E-state index is 12.5. The SMILES string of the molecule is CN(C)C(=O)N1CCC(C(=O)Oc2cccc3c2CCCC3)CC1. The van der Waals surface area contributed by atoms with Gasteiger partial charge in [0.2, 0.25) is 0 Å². The Morgan fingerprint density at radius 2 is 1.83 bits per heavy atom. The van der Waals surface area contributed by atoms with E-state index in [0.717, 1.165) is 25.0 Å². The Bertz CT molecular complexity index is 619. The molecule has 0 aromatic heterocycles. The molecule has 130 valence electrons. The summed E-state index contributed by atoms with van der Waals surface area (Å²) in [5, 5.41) is 0. The van der Waals surface area contributed by atoms with Crippen LogP contribution in [-0.2, 0) is 17.6 Å². The lowest BCUT2D eigenvalue weighted by Crippen LogP contribution is -2.45. The summed E-state index contributed by atoms with van der Waals surface area (Å²) in [5.41, 5.74) is 2.52. The first kappa shape index (κ1) is 16.8. The van der Waals surface area contributed by atoms with E-state index in [4.69, 9.17) is 4.74 Å². The van der Waals surface area contributed by atoms with Crippen LogP contribution in [0.1, 0.15) is 36.8 Å². The zero-order chi connectivity index (χ0) is 17.1. The Kier molecular flexibility index (Phi) is 5.07. The van der Waals surface area contributed by atoms with Gasteiger partial charge in [0.25, 0.3) is 0 Å². The minimum atomic E-state index is -0.147. The molecule has 5 heteroatoms. The van der Waals surface area contributed by atoms with Crippen LogP contribution < -0.4 is 4.74 Å². The zero-order valence-corrected chi connectivity index (χ0v) is 14.6. The van der Waals surface area contributed by atoms with Gasteiger partial charge in [-0.2, -0.15) is 0 Å². The minimum absolute atomic E-state index is 0.0129. The molecular formula is C19H26N2O3. The van der Waals surface area contributed by atoms with Gasteiger partial charge in [-0.05, 0) is 55.7 Å². The van der Waals surface area contributed by atoms with E-state index in [0.29, 0.717) is 25.9 Å². The van der Waals surface area contributed by atoms with Gasteiger partial charge in [-0.25, -0.2) is 4.79 Å². The number of benzene rings is 1. The predicted octanol–water partition coefficient (Wildman–Crippen LogP) is 2.86. The van der Waals surface area contributed by atoms with Crippen molar-refractivity contribution in [3.63, 3.8) is 0 Å². The third-order valence-electron chi connectivity index (χ3n) is 5.04. The highest BCUT2D eigenvalue weighted by molar-refractivity contribution is 5.77. The van der Waals surface area contributed by atoms with E-state index in [9.17, 15) is 9.59 Å². The third kappa shape index (κ3) is 3.55. The molecule has 0 saturated carbocycles. The molecule has 3 rings (SSSR count). The van der Waals surface area contributed by atoms with Crippen LogP contribution in [-0.4, -0.2) is 49.0 Å². The van der Waals surface area contributed by atoms with Crippen molar-refractivity contribution in [2.24, 2.45) is 5.92 Å². The number of carbonyl (C=O) groups excluding carboxylic acids is 2. The van der Waals surface area contributed by atoms with Crippen LogP contribution in [0.3, 0.4) is 0 Å². The molecule has 1 aliphatic heterocycles. The van der Waals surface area contributed by atoms with Crippen molar-refractivity contribution in [3.8, 4) is 5.75 Å². The fourth-order valence-electron chi connectivity index (χ4n) is 3.62. The average molecular weight is 330 g/mol. The van der Waals surface area contributed by atoms with Gasteiger partial charge in [0.05, 0.1) is 5.92 Å². The van der Waals surface area contributed by atoms with Gasteiger partial charge in [0, 0.05) is 27.2 Å². The molecule has 0 unspecified atom stereocenters. The molecule has 24 heavy (non-hydrogen) atoms. The van der Waals surface area contributed by atoms with E-state index >= 15 is 0 Å². The van der Waals surface area contributed by atoms with Crippen molar-refractivity contribution in [2.45, 2.75) is 38.5 Å². The molecule has 1 fully saturated rings. The van der Waals surface area contributed by atoms with Gasteiger partial charge in [-0.1, -0.05) is 12.1 Å². The summed E-state index contributed by atoms with van der Waals surface area (Å²) in [5.74, 6) is 0.477. The largest absolute Gasteiger partial charge is 0.426 e. The highest BCUT2D eigenvalue weighted by Gasteiger charge is 2.29. The summed E-state index contributed by atoms with van der Waals surface area (Å²) in [6.07, 6.45) is 5.79. The molecule has 5 nitrogen and oxygen atoms in total. The highest BCUT2D eigenvalue weighted by Crippen LogP contribution is 2.30. The Hall–Kier alpha value is -2.04. The number of hydrogen-bond acceptors (Lipinski definition) is 3. The average Bonchev–Trinajstić information content (AvgIpc) is 2.61. The maximum Gasteiger partial charge on any atom is 0.319 e. The van der Waals surface area contributed by atoms with Gasteiger partial charge in [-0.15, -0.1) is 0 Å². The second-order valence-electron chi connectivity index (χ2n) is 6.96. The van der Waals surface area contributed by atoms with Crippen molar-refractivity contribution < 1.29 is 14.3 Å². The monoisotopic (exact) mass is 330 g/mol. The van der Waals surface area contributed by atoms with Gasteiger partial charge in [0.1, 0.15) is 5.75 Å². The number of nitrogens with zero attached hydrogens (tertiary/aromatic N) is 2. The molecule has 1 aromatic carbocycles. The zero-order valence-electron chi connectivity index (χ0n) is 14.6. The summed E-state index contributed by atoms with van der Waals surface area (Å²) < 4.78 is 5.74. The number of amides is 2. The van der Waals surface area contributed by atoms with E-state index in [2.05, 4.69) is 6.07 Å². The molecule has 0 bridgehead atoms. The van der Waals surface area contributed by atoms with Gasteiger partial charge in [-0.3, -0.25) is 4.79 Å². The molecule has 0 N–H and O–H groups in total. The lowest BCUT2D eigenvalue weighted by molar-refractivity contribution is -0.140. The number of urea groups is 1. The normalized spacial score (nSPS) is 18.0. The molecule has 1 heterocycles. The lowest BCUT2D eigenvalue weighted by atomic mass is 9.91. The summed E-state index contributed by atoms with van der Waals surface area (Å²) in [6, 6.07) is 6.04. The number of likely N-dealkylation sites (tertiary alicyclic amines) is 1. The lowest BCUT2D eigenvalue weighted by Gasteiger charge is -2.32. The number of ether oxygens (including phenoxy) is 1. The second-order valence-corrected chi connectivity index (χ2v) is 6.96. The standard InChI is InChI=1S/C19H26N2O3/c1-20(2)19(23)21-12-10-15(11-13-21)18(22)24-17-9-5-7-14-6-3-4-8-16(14)17/h5,7,9,15H,3-4,6,8,10-13H2,1-2H3. The number of fused-ring (bicyclic) bond motifs is 1. The quantitative estimate of drug-likeness (QED) is 0.619. The first-order valence-electron chi connectivity index (χ1n) is 8.85. The molecule has 0 radical (unpaired) electrons. The molecular weight excluding hydrogens is 304 g/mol. The van der Waals surface area contributed by atoms with Crippen molar-refractivity contribution in [3.05, 3.63) is 29.3 Å². The fraction of sp³-hybridized carbons (Fsp3) is 0.579. The van der Waals surface area contributed by atoms with Crippen molar-refractivity contribution >= 4 is 12.0 Å². The molecule has 0 atom stereocenters. The van der Waals surface area contributed by atoms with Crippen LogP contribution >= 0.6 is 0 Å². The van der Waals surface area contributed by atoms with E-state index in [-0.39, 0.29) is 17.9 Å². The van der Waals surface area contributed by atoms with Gasteiger partial charge < -0.3 is 14.5 Å².